The van der Waals surface area contributed by atoms with Gasteiger partial charge in [0.05, 0.1) is 11.9 Å². The van der Waals surface area contributed by atoms with Crippen LogP contribution in [0.25, 0.3) is 5.65 Å². The highest BCUT2D eigenvalue weighted by Gasteiger charge is 2.27. The Kier molecular flexibility index (Phi) is 6.39. The predicted octanol–water partition coefficient (Wildman–Crippen LogP) is 3.28. The summed E-state index contributed by atoms with van der Waals surface area (Å²) in [5.74, 6) is 0.625. The summed E-state index contributed by atoms with van der Waals surface area (Å²) in [7, 11) is 0. The fourth-order valence-corrected chi connectivity index (χ4v) is 5.27. The van der Waals surface area contributed by atoms with Gasteiger partial charge in [0.1, 0.15) is 11.4 Å². The zero-order valence-corrected chi connectivity index (χ0v) is 20.2. The Morgan fingerprint density at radius 3 is 2.91 bits per heavy atom. The first-order valence-electron chi connectivity index (χ1n) is 12.7. The van der Waals surface area contributed by atoms with E-state index in [1.54, 1.807) is 0 Å². The molecule has 1 aliphatic carbocycles. The van der Waals surface area contributed by atoms with E-state index in [9.17, 15) is 9.59 Å². The molecule has 1 fully saturated rings. The van der Waals surface area contributed by atoms with E-state index in [1.807, 2.05) is 40.4 Å². The number of unbranched alkanes of at least 4 members (excludes halogenated alkanes) is 1. The van der Waals surface area contributed by atoms with Crippen molar-refractivity contribution < 1.29 is 4.79 Å². The van der Waals surface area contributed by atoms with E-state index in [-0.39, 0.29) is 17.5 Å². The fourth-order valence-electron chi connectivity index (χ4n) is 5.27. The third-order valence-electron chi connectivity index (χ3n) is 7.20. The number of fused-ring (bicyclic) bond motifs is 2. The molecular formula is C26H34N6O2. The molecule has 0 bridgehead atoms. The van der Waals surface area contributed by atoms with Gasteiger partial charge in [-0.15, -0.1) is 5.10 Å². The number of anilines is 1. The van der Waals surface area contributed by atoms with Gasteiger partial charge in [0.15, 0.2) is 5.65 Å². The van der Waals surface area contributed by atoms with Crippen LogP contribution in [0.1, 0.15) is 72.8 Å². The van der Waals surface area contributed by atoms with E-state index in [0.717, 1.165) is 74.3 Å². The molecule has 1 amide bonds. The normalized spacial score (nSPS) is 18.2. The van der Waals surface area contributed by atoms with Crippen LogP contribution < -0.4 is 15.8 Å². The Bertz CT molecular complexity index is 1260. The second kappa shape index (κ2) is 9.60. The summed E-state index contributed by atoms with van der Waals surface area (Å²) in [6.07, 6.45) is 9.88. The predicted molar refractivity (Wildman–Crippen MR) is 133 cm³/mol. The lowest BCUT2D eigenvalue weighted by Gasteiger charge is -2.19. The zero-order valence-electron chi connectivity index (χ0n) is 20.2. The highest BCUT2D eigenvalue weighted by molar-refractivity contribution is 5.94. The number of nitrogens with zero attached hydrogens (tertiary/aromatic N) is 5. The average Bonchev–Trinajstić information content (AvgIpc) is 3.37. The molecule has 1 aliphatic heterocycles. The van der Waals surface area contributed by atoms with Crippen LogP contribution >= 0.6 is 0 Å². The Balaban J connectivity index is 1.34. The van der Waals surface area contributed by atoms with Gasteiger partial charge in [-0.1, -0.05) is 19.8 Å². The number of pyridine rings is 1. The molecule has 0 saturated carbocycles. The van der Waals surface area contributed by atoms with Crippen molar-refractivity contribution in [1.29, 1.82) is 0 Å². The number of rotatable bonds is 6. The third-order valence-corrected chi connectivity index (χ3v) is 7.20. The molecule has 1 saturated heterocycles. The molecule has 3 aromatic rings. The molecule has 1 N–H and O–H groups in total. The van der Waals surface area contributed by atoms with Gasteiger partial charge >= 0.3 is 0 Å². The van der Waals surface area contributed by atoms with Gasteiger partial charge in [-0.25, -0.2) is 9.50 Å². The molecule has 180 valence electrons. The largest absolute Gasteiger partial charge is 0.353 e. The van der Waals surface area contributed by atoms with Crippen LogP contribution in [0.15, 0.2) is 29.2 Å². The number of hydrogen-bond donors (Lipinski definition) is 1. The lowest BCUT2D eigenvalue weighted by molar-refractivity contribution is 0.0938. The van der Waals surface area contributed by atoms with Crippen molar-refractivity contribution >= 4 is 17.4 Å². The van der Waals surface area contributed by atoms with Crippen LogP contribution in [0.2, 0.25) is 0 Å². The molecule has 5 rings (SSSR count). The van der Waals surface area contributed by atoms with E-state index in [2.05, 4.69) is 22.1 Å². The number of carbonyl (C=O) groups is 1. The van der Waals surface area contributed by atoms with Crippen LogP contribution in [0.4, 0.5) is 5.82 Å². The third kappa shape index (κ3) is 4.33. The van der Waals surface area contributed by atoms with Gasteiger partial charge in [-0.3, -0.25) is 9.59 Å². The maximum absolute atomic E-state index is 13.4. The Morgan fingerprint density at radius 2 is 2.06 bits per heavy atom. The summed E-state index contributed by atoms with van der Waals surface area (Å²) in [5.41, 5.74) is 4.31. The number of nitrogens with one attached hydrogen (secondary N) is 1. The monoisotopic (exact) mass is 462 g/mol. The standard InChI is InChI=1S/C26H34N6O2/c1-3-4-13-31-22-9-7-5-6-8-19(22)15-21(26(31)34)25(33)28-20-12-14-30(17-20)24-11-10-23-27-16-18(2)32(23)29-24/h10-11,15-16,20H,3-9,12-14,17H2,1-2H3,(H,28,33). The second-order valence-corrected chi connectivity index (χ2v) is 9.67. The molecule has 34 heavy (non-hydrogen) atoms. The first-order valence-corrected chi connectivity index (χ1v) is 12.7. The quantitative estimate of drug-likeness (QED) is 0.569. The van der Waals surface area contributed by atoms with Crippen molar-refractivity contribution in [3.63, 3.8) is 0 Å². The molecule has 0 radical (unpaired) electrons. The molecule has 2 aliphatic rings. The van der Waals surface area contributed by atoms with E-state index >= 15 is 0 Å². The molecule has 0 spiro atoms. The van der Waals surface area contributed by atoms with E-state index < -0.39 is 0 Å². The lowest BCUT2D eigenvalue weighted by atomic mass is 10.0. The van der Waals surface area contributed by atoms with Gasteiger partial charge < -0.3 is 14.8 Å². The molecule has 1 atom stereocenters. The molecule has 8 heteroatoms. The number of carbonyl (C=O) groups excluding carboxylic acids is 1. The average molecular weight is 463 g/mol. The molecule has 1 unspecified atom stereocenters. The molecule has 4 heterocycles. The highest BCUT2D eigenvalue weighted by atomic mass is 16.2. The van der Waals surface area contributed by atoms with Gasteiger partial charge in [0, 0.05) is 31.4 Å². The van der Waals surface area contributed by atoms with Crippen molar-refractivity contribution in [3.8, 4) is 0 Å². The maximum Gasteiger partial charge on any atom is 0.263 e. The zero-order chi connectivity index (χ0) is 23.7. The van der Waals surface area contributed by atoms with Crippen molar-refractivity contribution in [3.05, 3.63) is 57.3 Å². The Morgan fingerprint density at radius 1 is 1.21 bits per heavy atom. The fraction of sp³-hybridized carbons (Fsp3) is 0.538. The van der Waals surface area contributed by atoms with Gasteiger partial charge in [0.2, 0.25) is 0 Å². The number of imidazole rings is 1. The minimum absolute atomic E-state index is 0.0174. The summed E-state index contributed by atoms with van der Waals surface area (Å²) in [6, 6.07) is 5.81. The minimum atomic E-state index is -0.247. The van der Waals surface area contributed by atoms with Crippen LogP contribution in [-0.2, 0) is 19.4 Å². The first kappa shape index (κ1) is 22.6. The smallest absolute Gasteiger partial charge is 0.263 e. The SMILES string of the molecule is CCCCn1c2c(cc(C(=O)NC3CCN(c4ccc5ncc(C)n5n4)C3)c1=O)CCCCC2. The summed E-state index contributed by atoms with van der Waals surface area (Å²) in [6.45, 7) is 6.29. The minimum Gasteiger partial charge on any atom is -0.353 e. The molecule has 3 aromatic heterocycles. The van der Waals surface area contributed by atoms with Crippen LogP contribution in [0.5, 0.6) is 0 Å². The maximum atomic E-state index is 13.4. The first-order chi connectivity index (χ1) is 16.5. The number of aryl methyl sites for hydroxylation is 2. The van der Waals surface area contributed by atoms with Gasteiger partial charge in [0.25, 0.3) is 11.5 Å². The molecule has 8 nitrogen and oxygen atoms in total. The molecular weight excluding hydrogens is 428 g/mol. The van der Waals surface area contributed by atoms with Crippen molar-refractivity contribution in [2.45, 2.75) is 77.8 Å². The summed E-state index contributed by atoms with van der Waals surface area (Å²) < 4.78 is 3.74. The van der Waals surface area contributed by atoms with Crippen LogP contribution in [0.3, 0.4) is 0 Å². The Hall–Kier alpha value is -3.16. The Labute approximate surface area is 200 Å². The molecule has 0 aromatic carbocycles. The van der Waals surface area contributed by atoms with Gasteiger partial charge in [-0.2, -0.15) is 0 Å². The van der Waals surface area contributed by atoms with Crippen molar-refractivity contribution in [1.82, 2.24) is 24.5 Å². The summed E-state index contributed by atoms with van der Waals surface area (Å²) in [5, 5.41) is 7.86. The lowest BCUT2D eigenvalue weighted by Crippen LogP contribution is -2.41. The van der Waals surface area contributed by atoms with E-state index in [0.29, 0.717) is 18.7 Å². The number of hydrogen-bond acceptors (Lipinski definition) is 5. The van der Waals surface area contributed by atoms with Crippen LogP contribution in [-0.4, -0.2) is 44.2 Å². The van der Waals surface area contributed by atoms with E-state index in [4.69, 9.17) is 5.10 Å². The van der Waals surface area contributed by atoms with E-state index in [1.165, 1.54) is 12.0 Å². The van der Waals surface area contributed by atoms with Crippen molar-refractivity contribution in [2.24, 2.45) is 0 Å². The van der Waals surface area contributed by atoms with Crippen molar-refractivity contribution in [2.75, 3.05) is 18.0 Å². The number of aromatic nitrogens is 4. The summed E-state index contributed by atoms with van der Waals surface area (Å²) >= 11 is 0. The summed E-state index contributed by atoms with van der Waals surface area (Å²) in [4.78, 5) is 33.2. The topological polar surface area (TPSA) is 84.5 Å². The highest BCUT2D eigenvalue weighted by Crippen LogP contribution is 2.22. The number of amides is 1. The van der Waals surface area contributed by atoms with Gasteiger partial charge in [-0.05, 0) is 69.2 Å². The second-order valence-electron chi connectivity index (χ2n) is 9.67. The van der Waals surface area contributed by atoms with Crippen LogP contribution in [0, 0.1) is 6.92 Å².